The fourth-order valence-electron chi connectivity index (χ4n) is 1.89. The number of unbranched alkanes of at least 4 members (excludes halogenated alkanes) is 9. The first kappa shape index (κ1) is 18.8. The lowest BCUT2D eigenvalue weighted by molar-refractivity contribution is -0.306. The van der Waals surface area contributed by atoms with Crippen LogP contribution in [0.25, 0.3) is 0 Å². The lowest BCUT2D eigenvalue weighted by atomic mass is 10.1. The second-order valence-electron chi connectivity index (χ2n) is 5.12. The van der Waals surface area contributed by atoms with E-state index < -0.39 is 6.10 Å². The summed E-state index contributed by atoms with van der Waals surface area (Å²) in [6.07, 6.45) is 12.1. The molecule has 4 heteroatoms. The molecule has 0 amide bonds. The topological polar surface area (TPSA) is 58.9 Å². The maximum Gasteiger partial charge on any atom is 0.110 e. The van der Waals surface area contributed by atoms with E-state index in [0.29, 0.717) is 6.61 Å². The Morgan fingerprint density at radius 3 is 1.84 bits per heavy atom. The minimum atomic E-state index is -0.840. The molecule has 0 radical (unpaired) electrons. The zero-order valence-electron chi connectivity index (χ0n) is 12.5. The minimum absolute atomic E-state index is 0.0360. The van der Waals surface area contributed by atoms with Gasteiger partial charge in [-0.05, 0) is 6.42 Å². The van der Waals surface area contributed by atoms with E-state index in [9.17, 15) is 0 Å². The van der Waals surface area contributed by atoms with Crippen molar-refractivity contribution in [2.75, 3.05) is 19.8 Å². The third-order valence-corrected chi connectivity index (χ3v) is 3.14. The molecule has 0 saturated carbocycles. The molecule has 0 aliphatic carbocycles. The largest absolute Gasteiger partial charge is 0.394 e. The molecule has 0 fully saturated rings. The average Bonchev–Trinajstić information content (AvgIpc) is 2.43. The van der Waals surface area contributed by atoms with Crippen molar-refractivity contribution in [3.05, 3.63) is 0 Å². The normalized spacial score (nSPS) is 12.8. The van der Waals surface area contributed by atoms with Crippen LogP contribution in [0, 0.1) is 0 Å². The Hall–Kier alpha value is -0.160. The Morgan fingerprint density at radius 1 is 0.789 bits per heavy atom. The predicted octanol–water partition coefficient (Wildman–Crippen LogP) is 3.21. The smallest absolute Gasteiger partial charge is 0.110 e. The highest BCUT2D eigenvalue weighted by molar-refractivity contribution is 4.47. The Labute approximate surface area is 118 Å². The van der Waals surface area contributed by atoms with E-state index in [0.717, 1.165) is 6.42 Å². The first-order chi connectivity index (χ1) is 9.31. The molecule has 0 aromatic rings. The van der Waals surface area contributed by atoms with Crippen LogP contribution in [0.3, 0.4) is 0 Å². The molecule has 0 saturated heterocycles. The molecule has 19 heavy (non-hydrogen) atoms. The Balaban J connectivity index is 2.95. The summed E-state index contributed by atoms with van der Waals surface area (Å²) in [6, 6.07) is 0. The minimum Gasteiger partial charge on any atom is -0.394 e. The molecule has 116 valence electrons. The molecule has 2 N–H and O–H groups in total. The van der Waals surface area contributed by atoms with Crippen LogP contribution in [-0.4, -0.2) is 36.1 Å². The Kier molecular flexibility index (Phi) is 15.8. The third kappa shape index (κ3) is 15.8. The van der Waals surface area contributed by atoms with Crippen molar-refractivity contribution in [3.63, 3.8) is 0 Å². The average molecular weight is 276 g/mol. The summed E-state index contributed by atoms with van der Waals surface area (Å²) in [6.45, 7) is 2.56. The van der Waals surface area contributed by atoms with Crippen molar-refractivity contribution >= 4 is 0 Å². The van der Waals surface area contributed by atoms with Crippen molar-refractivity contribution in [3.8, 4) is 0 Å². The quantitative estimate of drug-likeness (QED) is 0.274. The van der Waals surface area contributed by atoms with Crippen LogP contribution in [0.4, 0.5) is 0 Å². The molecular weight excluding hydrogens is 244 g/mol. The fraction of sp³-hybridized carbons (Fsp3) is 1.00. The summed E-state index contributed by atoms with van der Waals surface area (Å²) in [5, 5.41) is 17.5. The molecule has 1 atom stereocenters. The van der Waals surface area contributed by atoms with Crippen LogP contribution < -0.4 is 0 Å². The molecule has 0 aromatic heterocycles. The second kappa shape index (κ2) is 15.9. The fourth-order valence-corrected chi connectivity index (χ4v) is 1.89. The molecule has 0 rings (SSSR count). The van der Waals surface area contributed by atoms with E-state index >= 15 is 0 Å². The molecule has 4 nitrogen and oxygen atoms in total. The van der Waals surface area contributed by atoms with Gasteiger partial charge in [0.1, 0.15) is 12.7 Å². The molecule has 0 aromatic carbocycles. The molecule has 0 bridgehead atoms. The number of rotatable bonds is 15. The molecule has 0 aliphatic rings. The maximum absolute atomic E-state index is 8.98. The number of hydrogen-bond acceptors (Lipinski definition) is 4. The van der Waals surface area contributed by atoms with Gasteiger partial charge in [-0.3, -0.25) is 0 Å². The van der Waals surface area contributed by atoms with E-state index in [4.69, 9.17) is 20.0 Å². The van der Waals surface area contributed by atoms with Gasteiger partial charge >= 0.3 is 0 Å². The molecule has 0 aliphatic heterocycles. The van der Waals surface area contributed by atoms with Gasteiger partial charge in [0.2, 0.25) is 0 Å². The number of hydrogen-bond donors (Lipinski definition) is 2. The van der Waals surface area contributed by atoms with Crippen molar-refractivity contribution in [2.24, 2.45) is 0 Å². The molecule has 0 spiro atoms. The third-order valence-electron chi connectivity index (χ3n) is 3.14. The van der Waals surface area contributed by atoms with Crippen molar-refractivity contribution in [1.82, 2.24) is 0 Å². The van der Waals surface area contributed by atoms with E-state index in [2.05, 4.69) is 6.92 Å². The first-order valence-electron chi connectivity index (χ1n) is 7.84. The summed E-state index contributed by atoms with van der Waals surface area (Å²) >= 11 is 0. The summed E-state index contributed by atoms with van der Waals surface area (Å²) in [5.74, 6) is 0. The van der Waals surface area contributed by atoms with Gasteiger partial charge in [-0.25, -0.2) is 9.78 Å². The lowest BCUT2D eigenvalue weighted by Crippen LogP contribution is -2.19. The van der Waals surface area contributed by atoms with Crippen LogP contribution in [0.1, 0.15) is 71.1 Å². The SMILES string of the molecule is CCCCCCCCCCCCOOCC(O)CO. The van der Waals surface area contributed by atoms with Gasteiger partial charge in [0.05, 0.1) is 13.2 Å². The zero-order valence-corrected chi connectivity index (χ0v) is 12.5. The van der Waals surface area contributed by atoms with Crippen LogP contribution in [0.5, 0.6) is 0 Å². The summed E-state index contributed by atoms with van der Waals surface area (Å²) < 4.78 is 0. The summed E-state index contributed by atoms with van der Waals surface area (Å²) in [4.78, 5) is 9.67. The highest BCUT2D eigenvalue weighted by Crippen LogP contribution is 2.10. The molecule has 0 heterocycles. The van der Waals surface area contributed by atoms with Crippen LogP contribution in [-0.2, 0) is 9.78 Å². The van der Waals surface area contributed by atoms with Gasteiger partial charge in [0.25, 0.3) is 0 Å². The zero-order chi connectivity index (χ0) is 14.2. The van der Waals surface area contributed by atoms with Crippen LogP contribution in [0.15, 0.2) is 0 Å². The van der Waals surface area contributed by atoms with Crippen molar-refractivity contribution < 1.29 is 20.0 Å². The van der Waals surface area contributed by atoms with Crippen molar-refractivity contribution in [2.45, 2.75) is 77.2 Å². The van der Waals surface area contributed by atoms with Gasteiger partial charge in [-0.1, -0.05) is 64.7 Å². The van der Waals surface area contributed by atoms with Crippen LogP contribution >= 0.6 is 0 Å². The van der Waals surface area contributed by atoms with Crippen molar-refractivity contribution in [1.29, 1.82) is 0 Å². The van der Waals surface area contributed by atoms with E-state index in [1.54, 1.807) is 0 Å². The number of aliphatic hydroxyl groups excluding tert-OH is 2. The highest BCUT2D eigenvalue weighted by atomic mass is 17.2. The standard InChI is InChI=1S/C15H32O4/c1-2-3-4-5-6-7-8-9-10-11-12-18-19-14-15(17)13-16/h15-17H,2-14H2,1H3. The molecular formula is C15H32O4. The lowest BCUT2D eigenvalue weighted by Gasteiger charge is -2.07. The maximum atomic E-state index is 8.98. The van der Waals surface area contributed by atoms with Gasteiger partial charge < -0.3 is 10.2 Å². The monoisotopic (exact) mass is 276 g/mol. The van der Waals surface area contributed by atoms with E-state index in [-0.39, 0.29) is 13.2 Å². The number of aliphatic hydroxyl groups is 2. The van der Waals surface area contributed by atoms with E-state index in [1.807, 2.05) is 0 Å². The van der Waals surface area contributed by atoms with Gasteiger partial charge in [-0.15, -0.1) is 0 Å². The molecule has 1 unspecified atom stereocenters. The summed E-state index contributed by atoms with van der Waals surface area (Å²) in [5.41, 5.74) is 0. The second-order valence-corrected chi connectivity index (χ2v) is 5.12. The predicted molar refractivity (Wildman–Crippen MR) is 76.8 cm³/mol. The Morgan fingerprint density at radius 2 is 1.32 bits per heavy atom. The van der Waals surface area contributed by atoms with Gasteiger partial charge in [0.15, 0.2) is 0 Å². The van der Waals surface area contributed by atoms with Crippen LogP contribution in [0.2, 0.25) is 0 Å². The van der Waals surface area contributed by atoms with E-state index in [1.165, 1.54) is 57.8 Å². The first-order valence-corrected chi connectivity index (χ1v) is 7.84. The Bertz CT molecular complexity index is 164. The van der Waals surface area contributed by atoms with Gasteiger partial charge in [-0.2, -0.15) is 0 Å². The summed E-state index contributed by atoms with van der Waals surface area (Å²) in [7, 11) is 0. The van der Waals surface area contributed by atoms with Gasteiger partial charge in [0, 0.05) is 0 Å². The highest BCUT2D eigenvalue weighted by Gasteiger charge is 2.01.